The molecule has 0 amide bonds. The maximum absolute atomic E-state index is 10.1. The summed E-state index contributed by atoms with van der Waals surface area (Å²) < 4.78 is 12.1. The van der Waals surface area contributed by atoms with Gasteiger partial charge in [0.05, 0.1) is 12.9 Å². The van der Waals surface area contributed by atoms with Crippen LogP contribution in [0, 0.1) is 0 Å². The summed E-state index contributed by atoms with van der Waals surface area (Å²) >= 11 is 5.92. The van der Waals surface area contributed by atoms with Crippen LogP contribution in [0.3, 0.4) is 0 Å². The Balaban J connectivity index is 1.97. The lowest BCUT2D eigenvalue weighted by Gasteiger charge is -2.16. The molecule has 4 atom stereocenters. The summed E-state index contributed by atoms with van der Waals surface area (Å²) in [5, 5.41) is 20.3. The van der Waals surface area contributed by atoms with Crippen LogP contribution in [-0.2, 0) is 9.47 Å². The average molecular weight is 301 g/mol. The van der Waals surface area contributed by atoms with E-state index in [0.29, 0.717) is 11.2 Å². The summed E-state index contributed by atoms with van der Waals surface area (Å²) in [6.07, 6.45) is -0.833. The molecule has 0 unspecified atom stereocenters. The van der Waals surface area contributed by atoms with Crippen LogP contribution < -0.4 is 0 Å². The van der Waals surface area contributed by atoms with Gasteiger partial charge in [-0.3, -0.25) is 4.57 Å². The van der Waals surface area contributed by atoms with E-state index in [1.54, 1.807) is 0 Å². The first-order valence-corrected chi connectivity index (χ1v) is 6.35. The third-order valence-corrected chi connectivity index (χ3v) is 3.53. The second-order valence-corrected chi connectivity index (χ2v) is 4.85. The van der Waals surface area contributed by atoms with Crippen LogP contribution in [0.15, 0.2) is 12.7 Å². The molecular formula is C11H13ClN4O4. The highest BCUT2D eigenvalue weighted by Crippen LogP contribution is 2.32. The summed E-state index contributed by atoms with van der Waals surface area (Å²) in [7, 11) is 1.50. The first-order chi connectivity index (χ1) is 9.63. The molecule has 0 bridgehead atoms. The van der Waals surface area contributed by atoms with Crippen molar-refractivity contribution in [2.24, 2.45) is 0 Å². The number of rotatable bonds is 3. The van der Waals surface area contributed by atoms with Gasteiger partial charge in [0.1, 0.15) is 30.2 Å². The molecule has 1 fully saturated rings. The quantitative estimate of drug-likeness (QED) is 0.753. The molecule has 2 N–H and O–H groups in total. The molecule has 0 radical (unpaired) electrons. The van der Waals surface area contributed by atoms with Crippen LogP contribution in [0.4, 0.5) is 0 Å². The number of aliphatic hydroxyl groups is 2. The number of fused-ring (bicyclic) bond motifs is 1. The molecule has 1 aliphatic rings. The van der Waals surface area contributed by atoms with Crippen LogP contribution >= 0.6 is 11.6 Å². The molecule has 3 heterocycles. The van der Waals surface area contributed by atoms with Crippen molar-refractivity contribution in [1.29, 1.82) is 0 Å². The van der Waals surface area contributed by atoms with Gasteiger partial charge in [0.15, 0.2) is 17.0 Å². The lowest BCUT2D eigenvalue weighted by atomic mass is 10.1. The summed E-state index contributed by atoms with van der Waals surface area (Å²) in [6.45, 7) is 0.178. The molecule has 8 nitrogen and oxygen atoms in total. The average Bonchev–Trinajstić information content (AvgIpc) is 2.97. The molecule has 9 heteroatoms. The number of methoxy groups -OCH3 is 1. The van der Waals surface area contributed by atoms with Crippen LogP contribution in [0.25, 0.3) is 11.2 Å². The Hall–Kier alpha value is -1.32. The molecule has 0 spiro atoms. The van der Waals surface area contributed by atoms with Crippen molar-refractivity contribution in [3.8, 4) is 0 Å². The summed E-state index contributed by atoms with van der Waals surface area (Å²) in [5.74, 6) is 0. The van der Waals surface area contributed by atoms with E-state index in [0.717, 1.165) is 0 Å². The summed E-state index contributed by atoms with van der Waals surface area (Å²) in [4.78, 5) is 12.0. The normalized spacial score (nSPS) is 30.2. The number of hydrogen-bond donors (Lipinski definition) is 2. The first-order valence-electron chi connectivity index (χ1n) is 5.97. The van der Waals surface area contributed by atoms with E-state index in [4.69, 9.17) is 21.1 Å². The monoisotopic (exact) mass is 300 g/mol. The Bertz CT molecular complexity index is 621. The highest BCUT2D eigenvalue weighted by atomic mass is 35.5. The number of nitrogens with zero attached hydrogens (tertiary/aromatic N) is 4. The number of halogens is 1. The van der Waals surface area contributed by atoms with Gasteiger partial charge in [-0.15, -0.1) is 0 Å². The van der Waals surface area contributed by atoms with Crippen molar-refractivity contribution < 1.29 is 19.7 Å². The molecular weight excluding hydrogens is 288 g/mol. The van der Waals surface area contributed by atoms with Crippen LogP contribution in [-0.4, -0.2) is 61.8 Å². The zero-order valence-corrected chi connectivity index (χ0v) is 11.3. The topological polar surface area (TPSA) is 103 Å². The largest absolute Gasteiger partial charge is 0.387 e. The van der Waals surface area contributed by atoms with Gasteiger partial charge in [-0.2, -0.15) is 0 Å². The number of imidazole rings is 1. The van der Waals surface area contributed by atoms with Gasteiger partial charge in [0.2, 0.25) is 0 Å². The van der Waals surface area contributed by atoms with Crippen LogP contribution in [0.5, 0.6) is 0 Å². The van der Waals surface area contributed by atoms with Gasteiger partial charge in [0, 0.05) is 7.11 Å². The van der Waals surface area contributed by atoms with Gasteiger partial charge < -0.3 is 19.7 Å². The highest BCUT2D eigenvalue weighted by Gasteiger charge is 2.44. The van der Waals surface area contributed by atoms with E-state index in [9.17, 15) is 10.2 Å². The second kappa shape index (κ2) is 5.23. The van der Waals surface area contributed by atoms with E-state index in [1.807, 2.05) is 0 Å². The Morgan fingerprint density at radius 2 is 2.15 bits per heavy atom. The second-order valence-electron chi connectivity index (χ2n) is 4.49. The van der Waals surface area contributed by atoms with Crippen molar-refractivity contribution >= 4 is 22.8 Å². The Labute approximate surface area is 118 Å². The fourth-order valence-corrected chi connectivity index (χ4v) is 2.45. The Kier molecular flexibility index (Phi) is 3.57. The third-order valence-electron chi connectivity index (χ3n) is 3.26. The van der Waals surface area contributed by atoms with Crippen LogP contribution in [0.2, 0.25) is 5.15 Å². The SMILES string of the molecule is COC[C@H]1O[C@@H](n2cnc3c(Cl)ncnc32)[C@H](O)[C@H]1O. The Morgan fingerprint density at radius 3 is 2.90 bits per heavy atom. The minimum atomic E-state index is -1.11. The standard InChI is InChI=1S/C11H13ClN4O4/c1-19-2-5-7(17)8(18)11(20-5)16-4-15-6-9(12)13-3-14-10(6)16/h3-5,7-8,11,17-18H,2H2,1H3/t5-,7+,8-,11-/m1/s1. The fourth-order valence-electron chi connectivity index (χ4n) is 2.27. The summed E-state index contributed by atoms with van der Waals surface area (Å²) in [5.41, 5.74) is 0.842. The van der Waals surface area contributed by atoms with Crippen molar-refractivity contribution in [3.63, 3.8) is 0 Å². The molecule has 3 rings (SSSR count). The predicted molar refractivity (Wildman–Crippen MR) is 68.1 cm³/mol. The van der Waals surface area contributed by atoms with Crippen molar-refractivity contribution in [2.45, 2.75) is 24.5 Å². The molecule has 2 aromatic heterocycles. The zero-order chi connectivity index (χ0) is 14.3. The maximum Gasteiger partial charge on any atom is 0.167 e. The lowest BCUT2D eigenvalue weighted by Crippen LogP contribution is -2.33. The number of hydrogen-bond acceptors (Lipinski definition) is 7. The molecule has 0 aromatic carbocycles. The minimum absolute atomic E-state index is 0.178. The molecule has 2 aromatic rings. The smallest absolute Gasteiger partial charge is 0.167 e. The summed E-state index contributed by atoms with van der Waals surface area (Å²) in [6, 6.07) is 0. The Morgan fingerprint density at radius 1 is 1.35 bits per heavy atom. The molecule has 0 aliphatic carbocycles. The van der Waals surface area contributed by atoms with Gasteiger partial charge in [-0.05, 0) is 0 Å². The molecule has 108 valence electrons. The maximum atomic E-state index is 10.1. The number of ether oxygens (including phenoxy) is 2. The molecule has 0 saturated carbocycles. The minimum Gasteiger partial charge on any atom is -0.387 e. The van der Waals surface area contributed by atoms with E-state index in [2.05, 4.69) is 15.0 Å². The van der Waals surface area contributed by atoms with Gasteiger partial charge in [-0.25, -0.2) is 15.0 Å². The highest BCUT2D eigenvalue weighted by molar-refractivity contribution is 6.33. The van der Waals surface area contributed by atoms with Crippen molar-refractivity contribution in [2.75, 3.05) is 13.7 Å². The van der Waals surface area contributed by atoms with Gasteiger partial charge in [0.25, 0.3) is 0 Å². The molecule has 20 heavy (non-hydrogen) atoms. The van der Waals surface area contributed by atoms with Crippen LogP contribution in [0.1, 0.15) is 6.23 Å². The lowest BCUT2D eigenvalue weighted by molar-refractivity contribution is -0.0580. The first kappa shape index (κ1) is 13.7. The number of aromatic nitrogens is 4. The molecule has 1 aliphatic heterocycles. The van der Waals surface area contributed by atoms with Gasteiger partial charge in [-0.1, -0.05) is 11.6 Å². The van der Waals surface area contributed by atoms with Crippen molar-refractivity contribution in [1.82, 2.24) is 19.5 Å². The molecule has 1 saturated heterocycles. The van der Waals surface area contributed by atoms with Gasteiger partial charge >= 0.3 is 0 Å². The van der Waals surface area contributed by atoms with E-state index in [-0.39, 0.29) is 11.8 Å². The van der Waals surface area contributed by atoms with Crippen molar-refractivity contribution in [3.05, 3.63) is 17.8 Å². The van der Waals surface area contributed by atoms with E-state index in [1.165, 1.54) is 24.3 Å². The predicted octanol–water partition coefficient (Wildman–Crippen LogP) is -0.255. The number of aliphatic hydroxyl groups excluding tert-OH is 2. The van der Waals surface area contributed by atoms with E-state index >= 15 is 0 Å². The fraction of sp³-hybridized carbons (Fsp3) is 0.545. The van der Waals surface area contributed by atoms with E-state index < -0.39 is 24.5 Å². The third kappa shape index (κ3) is 2.05. The zero-order valence-electron chi connectivity index (χ0n) is 10.5.